The van der Waals surface area contributed by atoms with Gasteiger partial charge in [0.25, 0.3) is 0 Å². The number of allylic oxidation sites excluding steroid dienone is 2. The predicted octanol–water partition coefficient (Wildman–Crippen LogP) is 1.81. The van der Waals surface area contributed by atoms with Gasteiger partial charge in [-0.05, 0) is 39.8 Å². The lowest BCUT2D eigenvalue weighted by atomic mass is 10.1. The zero-order chi connectivity index (χ0) is 12.8. The van der Waals surface area contributed by atoms with Gasteiger partial charge in [0, 0.05) is 13.7 Å². The topological polar surface area (TPSA) is 55.4 Å². The van der Waals surface area contributed by atoms with Gasteiger partial charge >= 0.3 is 0 Å². The van der Waals surface area contributed by atoms with E-state index in [0.29, 0.717) is 17.9 Å². The molecule has 0 aromatic carbocycles. The molecule has 0 bridgehead atoms. The highest BCUT2D eigenvalue weighted by Crippen LogP contribution is 2.22. The van der Waals surface area contributed by atoms with E-state index in [1.54, 1.807) is 20.1 Å². The summed E-state index contributed by atoms with van der Waals surface area (Å²) in [6.45, 7) is 5.95. The first-order valence-corrected chi connectivity index (χ1v) is 6.64. The highest BCUT2D eigenvalue weighted by atomic mass is 32.2. The highest BCUT2D eigenvalue weighted by molar-refractivity contribution is 7.93. The second-order valence-electron chi connectivity index (χ2n) is 3.53. The van der Waals surface area contributed by atoms with E-state index in [4.69, 9.17) is 4.74 Å². The molecule has 16 heavy (non-hydrogen) atoms. The summed E-state index contributed by atoms with van der Waals surface area (Å²) in [6.07, 6.45) is 2.40. The van der Waals surface area contributed by atoms with E-state index in [9.17, 15) is 8.42 Å². The van der Waals surface area contributed by atoms with E-state index in [2.05, 4.69) is 4.72 Å². The van der Waals surface area contributed by atoms with Crippen molar-refractivity contribution in [3.8, 4) is 0 Å². The number of methoxy groups -OCH3 is 1. The maximum absolute atomic E-state index is 11.9. The Morgan fingerprint density at radius 3 is 2.31 bits per heavy atom. The van der Waals surface area contributed by atoms with Crippen molar-refractivity contribution in [2.24, 2.45) is 0 Å². The van der Waals surface area contributed by atoms with Gasteiger partial charge in [0.15, 0.2) is 0 Å². The summed E-state index contributed by atoms with van der Waals surface area (Å²) in [7, 11) is -0.378. The SMILES string of the molecule is C/C=C(C)\C(=C(\C)CCOC)S(=O)(=O)NC. The van der Waals surface area contributed by atoms with E-state index < -0.39 is 10.0 Å². The Labute approximate surface area is 98.4 Å². The fraction of sp³-hybridized carbons (Fsp3) is 0.636. The minimum atomic E-state index is -3.40. The molecule has 0 fully saturated rings. The van der Waals surface area contributed by atoms with Crippen LogP contribution in [0.5, 0.6) is 0 Å². The van der Waals surface area contributed by atoms with Crippen molar-refractivity contribution < 1.29 is 13.2 Å². The molecule has 0 saturated carbocycles. The Morgan fingerprint density at radius 2 is 1.94 bits per heavy atom. The minimum absolute atomic E-state index is 0.370. The van der Waals surface area contributed by atoms with Crippen LogP contribution < -0.4 is 4.72 Å². The van der Waals surface area contributed by atoms with Crippen LogP contribution in [-0.4, -0.2) is 29.2 Å². The lowest BCUT2D eigenvalue weighted by Crippen LogP contribution is -2.22. The molecule has 94 valence electrons. The third-order valence-electron chi connectivity index (χ3n) is 2.40. The van der Waals surface area contributed by atoms with Gasteiger partial charge in [-0.25, -0.2) is 13.1 Å². The molecule has 0 heterocycles. The monoisotopic (exact) mass is 247 g/mol. The quantitative estimate of drug-likeness (QED) is 0.728. The normalized spacial score (nSPS) is 14.9. The summed E-state index contributed by atoms with van der Waals surface area (Å²) in [6, 6.07) is 0. The fourth-order valence-electron chi connectivity index (χ4n) is 1.38. The molecule has 5 heteroatoms. The summed E-state index contributed by atoms with van der Waals surface area (Å²) in [5, 5.41) is 0. The first kappa shape index (κ1) is 15.3. The largest absolute Gasteiger partial charge is 0.384 e. The first-order valence-electron chi connectivity index (χ1n) is 5.16. The lowest BCUT2D eigenvalue weighted by molar-refractivity contribution is 0.202. The lowest BCUT2D eigenvalue weighted by Gasteiger charge is -2.12. The molecular weight excluding hydrogens is 226 g/mol. The Bertz CT molecular complexity index is 380. The van der Waals surface area contributed by atoms with Crippen LogP contribution >= 0.6 is 0 Å². The zero-order valence-corrected chi connectivity index (χ0v) is 11.4. The molecule has 0 saturated heterocycles. The van der Waals surface area contributed by atoms with Gasteiger partial charge in [-0.3, -0.25) is 0 Å². The second kappa shape index (κ2) is 6.83. The highest BCUT2D eigenvalue weighted by Gasteiger charge is 2.19. The molecule has 0 aliphatic heterocycles. The van der Waals surface area contributed by atoms with Gasteiger partial charge in [0.2, 0.25) is 10.0 Å². The van der Waals surface area contributed by atoms with E-state index >= 15 is 0 Å². The van der Waals surface area contributed by atoms with Crippen molar-refractivity contribution in [3.63, 3.8) is 0 Å². The smallest absolute Gasteiger partial charge is 0.240 e. The molecule has 0 rings (SSSR count). The van der Waals surface area contributed by atoms with Gasteiger partial charge in [0.1, 0.15) is 0 Å². The molecule has 0 amide bonds. The van der Waals surface area contributed by atoms with Crippen LogP contribution in [-0.2, 0) is 14.8 Å². The van der Waals surface area contributed by atoms with E-state index in [1.807, 2.05) is 13.8 Å². The average Bonchev–Trinajstić information content (AvgIpc) is 2.25. The van der Waals surface area contributed by atoms with E-state index in [0.717, 1.165) is 11.1 Å². The number of hydrogen-bond acceptors (Lipinski definition) is 3. The van der Waals surface area contributed by atoms with Crippen molar-refractivity contribution in [2.45, 2.75) is 27.2 Å². The average molecular weight is 247 g/mol. The van der Waals surface area contributed by atoms with E-state index in [-0.39, 0.29) is 0 Å². The second-order valence-corrected chi connectivity index (χ2v) is 5.35. The molecule has 0 unspecified atom stereocenters. The number of sulfonamides is 1. The summed E-state index contributed by atoms with van der Waals surface area (Å²) >= 11 is 0. The molecule has 0 spiro atoms. The molecule has 4 nitrogen and oxygen atoms in total. The minimum Gasteiger partial charge on any atom is -0.384 e. The Hall–Kier alpha value is -0.650. The maximum atomic E-state index is 11.9. The molecule has 0 atom stereocenters. The van der Waals surface area contributed by atoms with Crippen molar-refractivity contribution in [3.05, 3.63) is 22.1 Å². The molecule has 0 aliphatic rings. The Kier molecular flexibility index (Phi) is 6.55. The predicted molar refractivity (Wildman–Crippen MR) is 66.6 cm³/mol. The summed E-state index contributed by atoms with van der Waals surface area (Å²) < 4.78 is 31.0. The van der Waals surface area contributed by atoms with Crippen LogP contribution in [0.2, 0.25) is 0 Å². The number of nitrogens with one attached hydrogen (secondary N) is 1. The van der Waals surface area contributed by atoms with Crippen molar-refractivity contribution in [1.82, 2.24) is 4.72 Å². The van der Waals surface area contributed by atoms with Crippen LogP contribution in [0.3, 0.4) is 0 Å². The Balaban J connectivity index is 5.42. The molecule has 1 N–H and O–H groups in total. The number of rotatable bonds is 6. The van der Waals surface area contributed by atoms with Gasteiger partial charge in [0.05, 0.1) is 4.91 Å². The number of hydrogen-bond donors (Lipinski definition) is 1. The maximum Gasteiger partial charge on any atom is 0.240 e. The van der Waals surface area contributed by atoms with Crippen LogP contribution in [0.4, 0.5) is 0 Å². The molecule has 0 radical (unpaired) electrons. The molecule has 0 aliphatic carbocycles. The van der Waals surface area contributed by atoms with Crippen molar-refractivity contribution >= 4 is 10.0 Å². The third-order valence-corrected chi connectivity index (χ3v) is 4.14. The Morgan fingerprint density at radius 1 is 1.38 bits per heavy atom. The summed E-state index contributed by atoms with van der Waals surface area (Å²) in [5.41, 5.74) is 1.56. The number of ether oxygens (including phenoxy) is 1. The van der Waals surface area contributed by atoms with Gasteiger partial charge < -0.3 is 4.74 Å². The standard InChI is InChI=1S/C11H21NO3S/c1-6-9(2)11(16(13,14)12-4)10(3)7-8-15-5/h6,12H,7-8H2,1-5H3/b9-6-,11-10+. The van der Waals surface area contributed by atoms with Crippen LogP contribution in [0.25, 0.3) is 0 Å². The van der Waals surface area contributed by atoms with Crippen LogP contribution in [0.1, 0.15) is 27.2 Å². The first-order chi connectivity index (χ1) is 7.40. The van der Waals surface area contributed by atoms with Crippen LogP contribution in [0, 0.1) is 0 Å². The van der Waals surface area contributed by atoms with Crippen molar-refractivity contribution in [1.29, 1.82) is 0 Å². The van der Waals surface area contributed by atoms with Crippen molar-refractivity contribution in [2.75, 3.05) is 20.8 Å². The van der Waals surface area contributed by atoms with Crippen LogP contribution in [0.15, 0.2) is 22.1 Å². The van der Waals surface area contributed by atoms with Gasteiger partial charge in [-0.1, -0.05) is 11.6 Å². The van der Waals surface area contributed by atoms with E-state index in [1.165, 1.54) is 7.05 Å². The summed E-state index contributed by atoms with van der Waals surface area (Å²) in [4.78, 5) is 0.370. The third kappa shape index (κ3) is 4.08. The molecular formula is C11H21NO3S. The molecule has 0 aromatic rings. The fourth-order valence-corrected chi connectivity index (χ4v) is 2.69. The zero-order valence-electron chi connectivity index (χ0n) is 10.6. The summed E-state index contributed by atoms with van der Waals surface area (Å²) in [5.74, 6) is 0. The van der Waals surface area contributed by atoms with Gasteiger partial charge in [-0.15, -0.1) is 0 Å². The molecule has 0 aromatic heterocycles. The van der Waals surface area contributed by atoms with Gasteiger partial charge in [-0.2, -0.15) is 0 Å².